The number of carbonyl (C=O) groups excluding carboxylic acids is 1. The van der Waals surface area contributed by atoms with Gasteiger partial charge in [0, 0.05) is 5.69 Å². The van der Waals surface area contributed by atoms with Crippen LogP contribution in [0, 0.1) is 32.6 Å². The van der Waals surface area contributed by atoms with Gasteiger partial charge in [-0.1, -0.05) is 19.9 Å². The van der Waals surface area contributed by atoms with Crippen molar-refractivity contribution < 1.29 is 9.90 Å². The van der Waals surface area contributed by atoms with E-state index in [0.717, 1.165) is 16.8 Å². The summed E-state index contributed by atoms with van der Waals surface area (Å²) < 4.78 is 0. The van der Waals surface area contributed by atoms with Gasteiger partial charge in [0.05, 0.1) is 12.5 Å². The molecule has 0 aliphatic heterocycles. The van der Waals surface area contributed by atoms with E-state index in [1.165, 1.54) is 5.56 Å². The molecule has 0 fully saturated rings. The van der Waals surface area contributed by atoms with E-state index in [9.17, 15) is 9.90 Å². The summed E-state index contributed by atoms with van der Waals surface area (Å²) in [5.74, 6) is -0.341. The second kappa shape index (κ2) is 6.01. The zero-order valence-electron chi connectivity index (χ0n) is 11.9. The number of aryl methyl sites for hydroxylation is 3. The number of hydrogen-bond donors (Lipinski definition) is 2. The largest absolute Gasteiger partial charge is 0.396 e. The van der Waals surface area contributed by atoms with E-state index in [1.54, 1.807) is 0 Å². The molecule has 1 amide bonds. The van der Waals surface area contributed by atoms with Crippen LogP contribution >= 0.6 is 0 Å². The Morgan fingerprint density at radius 2 is 1.72 bits per heavy atom. The van der Waals surface area contributed by atoms with Crippen molar-refractivity contribution in [3.8, 4) is 0 Å². The fourth-order valence-electron chi connectivity index (χ4n) is 1.92. The van der Waals surface area contributed by atoms with Gasteiger partial charge >= 0.3 is 0 Å². The number of carbonyl (C=O) groups is 1. The highest BCUT2D eigenvalue weighted by molar-refractivity contribution is 5.93. The highest BCUT2D eigenvalue weighted by Crippen LogP contribution is 2.21. The fourth-order valence-corrected chi connectivity index (χ4v) is 1.92. The van der Waals surface area contributed by atoms with Crippen LogP contribution < -0.4 is 5.32 Å². The van der Waals surface area contributed by atoms with Crippen LogP contribution in [0.2, 0.25) is 0 Å². The number of anilines is 1. The Bertz CT molecular complexity index is 438. The standard InChI is InChI=1S/C15H23NO2/c1-9(2)13(8-17)15(18)16-14-7-11(4)10(3)6-12(14)5/h6-7,9,13,17H,8H2,1-5H3,(H,16,18). The van der Waals surface area contributed by atoms with E-state index in [1.807, 2.05) is 33.8 Å². The van der Waals surface area contributed by atoms with Gasteiger partial charge in [-0.2, -0.15) is 0 Å². The van der Waals surface area contributed by atoms with Crippen molar-refractivity contribution in [2.45, 2.75) is 34.6 Å². The number of rotatable bonds is 4. The highest BCUT2D eigenvalue weighted by atomic mass is 16.3. The molecule has 100 valence electrons. The van der Waals surface area contributed by atoms with Gasteiger partial charge in [0.25, 0.3) is 0 Å². The summed E-state index contributed by atoms with van der Waals surface area (Å²) in [4.78, 5) is 12.1. The molecular weight excluding hydrogens is 226 g/mol. The molecule has 0 saturated heterocycles. The number of hydrogen-bond acceptors (Lipinski definition) is 2. The van der Waals surface area contributed by atoms with Gasteiger partial charge in [-0.25, -0.2) is 0 Å². The molecule has 2 N–H and O–H groups in total. The van der Waals surface area contributed by atoms with Gasteiger partial charge in [-0.15, -0.1) is 0 Å². The monoisotopic (exact) mass is 249 g/mol. The minimum absolute atomic E-state index is 0.112. The topological polar surface area (TPSA) is 49.3 Å². The molecule has 1 atom stereocenters. The van der Waals surface area contributed by atoms with Crippen molar-refractivity contribution in [3.63, 3.8) is 0 Å². The fraction of sp³-hybridized carbons (Fsp3) is 0.533. The van der Waals surface area contributed by atoms with Crippen LogP contribution in [0.5, 0.6) is 0 Å². The molecule has 0 radical (unpaired) electrons. The predicted molar refractivity (Wildman–Crippen MR) is 74.7 cm³/mol. The van der Waals surface area contributed by atoms with Crippen LogP contribution in [0.4, 0.5) is 5.69 Å². The Hall–Kier alpha value is -1.35. The minimum Gasteiger partial charge on any atom is -0.396 e. The first-order valence-electron chi connectivity index (χ1n) is 6.36. The van der Waals surface area contributed by atoms with Gasteiger partial charge < -0.3 is 10.4 Å². The maximum absolute atomic E-state index is 12.1. The summed E-state index contributed by atoms with van der Waals surface area (Å²) >= 11 is 0. The van der Waals surface area contributed by atoms with E-state index in [2.05, 4.69) is 18.3 Å². The van der Waals surface area contributed by atoms with Crippen molar-refractivity contribution in [1.82, 2.24) is 0 Å². The SMILES string of the molecule is Cc1cc(C)c(NC(=O)C(CO)C(C)C)cc1C. The third-order valence-corrected chi connectivity index (χ3v) is 3.44. The summed E-state index contributed by atoms with van der Waals surface area (Å²) in [5, 5.41) is 12.2. The number of aliphatic hydroxyl groups is 1. The molecule has 0 aromatic heterocycles. The lowest BCUT2D eigenvalue weighted by Gasteiger charge is -2.19. The smallest absolute Gasteiger partial charge is 0.230 e. The molecular formula is C15H23NO2. The van der Waals surface area contributed by atoms with Crippen molar-refractivity contribution in [2.24, 2.45) is 11.8 Å². The Labute approximate surface area is 109 Å². The summed E-state index contributed by atoms with van der Waals surface area (Å²) in [7, 11) is 0. The average molecular weight is 249 g/mol. The third kappa shape index (κ3) is 3.33. The number of amides is 1. The van der Waals surface area contributed by atoms with Gasteiger partial charge in [0.2, 0.25) is 5.91 Å². The second-order valence-corrected chi connectivity index (χ2v) is 5.27. The lowest BCUT2D eigenvalue weighted by atomic mass is 9.95. The molecule has 0 aliphatic rings. The lowest BCUT2D eigenvalue weighted by molar-refractivity contribution is -0.122. The summed E-state index contributed by atoms with van der Waals surface area (Å²) in [6.45, 7) is 9.81. The van der Waals surface area contributed by atoms with Gasteiger partial charge in [0.1, 0.15) is 0 Å². The van der Waals surface area contributed by atoms with Crippen LogP contribution in [0.1, 0.15) is 30.5 Å². The molecule has 1 aromatic rings. The van der Waals surface area contributed by atoms with E-state index in [4.69, 9.17) is 0 Å². The van der Waals surface area contributed by atoms with Gasteiger partial charge in [-0.3, -0.25) is 4.79 Å². The van der Waals surface area contributed by atoms with Crippen molar-refractivity contribution in [3.05, 3.63) is 28.8 Å². The Morgan fingerprint density at radius 3 is 2.22 bits per heavy atom. The zero-order chi connectivity index (χ0) is 13.9. The van der Waals surface area contributed by atoms with Crippen LogP contribution in [0.3, 0.4) is 0 Å². The highest BCUT2D eigenvalue weighted by Gasteiger charge is 2.21. The average Bonchev–Trinajstić information content (AvgIpc) is 2.26. The van der Waals surface area contributed by atoms with E-state index in [0.29, 0.717) is 0 Å². The lowest BCUT2D eigenvalue weighted by Crippen LogP contribution is -2.30. The normalized spacial score (nSPS) is 12.6. The number of nitrogens with one attached hydrogen (secondary N) is 1. The van der Waals surface area contributed by atoms with Crippen LogP contribution in [0.25, 0.3) is 0 Å². The van der Waals surface area contributed by atoms with E-state index < -0.39 is 0 Å². The zero-order valence-corrected chi connectivity index (χ0v) is 11.9. The van der Waals surface area contributed by atoms with Crippen molar-refractivity contribution in [1.29, 1.82) is 0 Å². The summed E-state index contributed by atoms with van der Waals surface area (Å²) in [5.41, 5.74) is 4.25. The first-order valence-corrected chi connectivity index (χ1v) is 6.36. The van der Waals surface area contributed by atoms with Gasteiger partial charge in [-0.05, 0) is 49.4 Å². The van der Waals surface area contributed by atoms with E-state index in [-0.39, 0.29) is 24.3 Å². The first-order chi connectivity index (χ1) is 8.36. The van der Waals surface area contributed by atoms with Gasteiger partial charge in [0.15, 0.2) is 0 Å². The predicted octanol–water partition coefficient (Wildman–Crippen LogP) is 2.81. The summed E-state index contributed by atoms with van der Waals surface area (Å²) in [6, 6.07) is 4.05. The molecule has 1 rings (SSSR count). The number of aliphatic hydroxyl groups excluding tert-OH is 1. The second-order valence-electron chi connectivity index (χ2n) is 5.27. The maximum atomic E-state index is 12.1. The Kier molecular flexibility index (Phi) is 4.91. The minimum atomic E-state index is -0.356. The quantitative estimate of drug-likeness (QED) is 0.862. The Morgan fingerprint density at radius 1 is 1.17 bits per heavy atom. The molecule has 3 nitrogen and oxygen atoms in total. The van der Waals surface area contributed by atoms with Crippen molar-refractivity contribution >= 4 is 11.6 Å². The molecule has 0 bridgehead atoms. The van der Waals surface area contributed by atoms with Crippen LogP contribution in [-0.4, -0.2) is 17.6 Å². The molecule has 0 aliphatic carbocycles. The molecule has 1 unspecified atom stereocenters. The molecule has 3 heteroatoms. The van der Waals surface area contributed by atoms with E-state index >= 15 is 0 Å². The molecule has 0 heterocycles. The Balaban J connectivity index is 2.91. The molecule has 18 heavy (non-hydrogen) atoms. The third-order valence-electron chi connectivity index (χ3n) is 3.44. The molecule has 1 aromatic carbocycles. The number of benzene rings is 1. The molecule has 0 saturated carbocycles. The van der Waals surface area contributed by atoms with Crippen LogP contribution in [-0.2, 0) is 4.79 Å². The first kappa shape index (κ1) is 14.7. The summed E-state index contributed by atoms with van der Waals surface area (Å²) in [6.07, 6.45) is 0. The molecule has 0 spiro atoms. The maximum Gasteiger partial charge on any atom is 0.230 e. The van der Waals surface area contributed by atoms with Crippen molar-refractivity contribution in [2.75, 3.05) is 11.9 Å². The van der Waals surface area contributed by atoms with Crippen LogP contribution in [0.15, 0.2) is 12.1 Å².